The topological polar surface area (TPSA) is 77.0 Å². The van der Waals surface area contributed by atoms with Gasteiger partial charge in [0, 0.05) is 26.2 Å². The number of halogens is 3. The smallest absolute Gasteiger partial charge is 0.334 e. The molecule has 0 heterocycles. The van der Waals surface area contributed by atoms with Crippen LogP contribution < -0.4 is 5.32 Å². The Morgan fingerprint density at radius 1 is 1.15 bits per heavy atom. The van der Waals surface area contributed by atoms with E-state index in [0.29, 0.717) is 26.2 Å². The lowest BCUT2D eigenvalue weighted by Gasteiger charge is -2.12. The molecule has 2 rings (SSSR count). The van der Waals surface area contributed by atoms with Crippen molar-refractivity contribution >= 4 is 52.9 Å². The molecular weight excluding hydrogens is 415 g/mol. The predicted molar refractivity (Wildman–Crippen MR) is 104 cm³/mol. The minimum atomic E-state index is -1.14. The first-order valence-corrected chi connectivity index (χ1v) is 8.77. The van der Waals surface area contributed by atoms with Crippen LogP contribution in [0.4, 0.5) is 0 Å². The van der Waals surface area contributed by atoms with E-state index in [2.05, 4.69) is 15.2 Å². The third-order valence-corrected chi connectivity index (χ3v) is 4.17. The zero-order valence-electron chi connectivity index (χ0n) is 14.1. The van der Waals surface area contributed by atoms with E-state index in [1.807, 2.05) is 0 Å². The van der Waals surface area contributed by atoms with Crippen LogP contribution in [-0.4, -0.2) is 31.2 Å². The van der Waals surface area contributed by atoms with Gasteiger partial charge in [0.25, 0.3) is 5.91 Å². The molecule has 0 radical (unpaired) electrons. The Bertz CT molecular complexity index is 858. The number of carbonyl (C=O) groups excluding carboxylic acids is 2. The maximum absolute atomic E-state index is 12.2. The Labute approximate surface area is 171 Å². The molecule has 0 aliphatic heterocycles. The van der Waals surface area contributed by atoms with Crippen molar-refractivity contribution in [2.45, 2.75) is 12.6 Å². The monoisotopic (exact) mass is 428 g/mol. The molecule has 0 saturated carbocycles. The summed E-state index contributed by atoms with van der Waals surface area (Å²) in [5.41, 5.74) is 0.953. The SMILES string of the molecule is COC(=O)C(/C=N/OCc1ccc(Cl)cc1Cl)NC(=O)c1cccc(Cl)c1. The van der Waals surface area contributed by atoms with Gasteiger partial charge in [-0.05, 0) is 30.3 Å². The number of ether oxygens (including phenoxy) is 1. The second kappa shape index (κ2) is 10.2. The summed E-state index contributed by atoms with van der Waals surface area (Å²) in [6, 6.07) is 10.1. The number of oxime groups is 1. The second-order valence-electron chi connectivity index (χ2n) is 5.25. The number of amides is 1. The maximum Gasteiger partial charge on any atom is 0.334 e. The standard InChI is InChI=1S/C18H15Cl3N2O4/c1-26-18(25)16(23-17(24)11-3-2-4-13(19)7-11)9-22-27-10-12-5-6-14(20)8-15(12)21/h2-9,16H,10H2,1H3,(H,23,24)/b22-9+. The summed E-state index contributed by atoms with van der Waals surface area (Å²) in [5.74, 6) is -1.22. The normalized spacial score (nSPS) is 11.9. The molecule has 6 nitrogen and oxygen atoms in total. The molecule has 0 aliphatic rings. The van der Waals surface area contributed by atoms with Crippen molar-refractivity contribution in [2.75, 3.05) is 7.11 Å². The largest absolute Gasteiger partial charge is 0.467 e. The lowest BCUT2D eigenvalue weighted by atomic mass is 10.2. The first kappa shape index (κ1) is 21.0. The molecule has 0 saturated heterocycles. The van der Waals surface area contributed by atoms with Gasteiger partial charge in [-0.2, -0.15) is 0 Å². The summed E-state index contributed by atoms with van der Waals surface area (Å²) < 4.78 is 4.66. The van der Waals surface area contributed by atoms with Crippen LogP contribution in [0.15, 0.2) is 47.6 Å². The third-order valence-electron chi connectivity index (χ3n) is 3.35. The number of benzene rings is 2. The number of methoxy groups -OCH3 is 1. The molecule has 1 N–H and O–H groups in total. The van der Waals surface area contributed by atoms with Gasteiger partial charge >= 0.3 is 5.97 Å². The summed E-state index contributed by atoms with van der Waals surface area (Å²) in [4.78, 5) is 29.2. The van der Waals surface area contributed by atoms with Crippen molar-refractivity contribution in [1.82, 2.24) is 5.32 Å². The molecule has 1 unspecified atom stereocenters. The first-order chi connectivity index (χ1) is 12.9. The number of nitrogens with one attached hydrogen (secondary N) is 1. The van der Waals surface area contributed by atoms with Crippen LogP contribution in [-0.2, 0) is 21.0 Å². The van der Waals surface area contributed by atoms with E-state index in [-0.39, 0.29) is 6.61 Å². The number of hydrogen-bond donors (Lipinski definition) is 1. The van der Waals surface area contributed by atoms with Gasteiger partial charge in [-0.1, -0.05) is 52.1 Å². The number of esters is 1. The fourth-order valence-electron chi connectivity index (χ4n) is 1.99. The Morgan fingerprint density at radius 3 is 2.56 bits per heavy atom. The van der Waals surface area contributed by atoms with Crippen molar-refractivity contribution in [1.29, 1.82) is 0 Å². The molecule has 27 heavy (non-hydrogen) atoms. The second-order valence-corrected chi connectivity index (χ2v) is 6.53. The van der Waals surface area contributed by atoms with E-state index in [0.717, 1.165) is 6.21 Å². The van der Waals surface area contributed by atoms with Gasteiger partial charge in [0.1, 0.15) is 6.61 Å². The highest BCUT2D eigenvalue weighted by atomic mass is 35.5. The van der Waals surface area contributed by atoms with Crippen molar-refractivity contribution in [3.8, 4) is 0 Å². The summed E-state index contributed by atoms with van der Waals surface area (Å²) in [6.07, 6.45) is 1.12. The minimum Gasteiger partial charge on any atom is -0.467 e. The average molecular weight is 430 g/mol. The lowest BCUT2D eigenvalue weighted by molar-refractivity contribution is -0.140. The summed E-state index contributed by atoms with van der Waals surface area (Å²) in [5, 5.41) is 7.52. The molecule has 1 atom stereocenters. The Hall–Kier alpha value is -2.28. The highest BCUT2D eigenvalue weighted by Gasteiger charge is 2.20. The van der Waals surface area contributed by atoms with Crippen LogP contribution >= 0.6 is 34.8 Å². The third kappa shape index (κ3) is 6.43. The molecule has 0 bridgehead atoms. The van der Waals surface area contributed by atoms with Crippen LogP contribution in [0.3, 0.4) is 0 Å². The average Bonchev–Trinajstić information content (AvgIpc) is 2.64. The summed E-state index contributed by atoms with van der Waals surface area (Å²) >= 11 is 17.7. The van der Waals surface area contributed by atoms with Gasteiger partial charge in [0.15, 0.2) is 6.04 Å². The highest BCUT2D eigenvalue weighted by molar-refractivity contribution is 6.35. The predicted octanol–water partition coefficient (Wildman–Crippen LogP) is 4.12. The lowest BCUT2D eigenvalue weighted by Crippen LogP contribution is -2.42. The van der Waals surface area contributed by atoms with Gasteiger partial charge in [0.2, 0.25) is 0 Å². The van der Waals surface area contributed by atoms with Gasteiger partial charge in [-0.25, -0.2) is 4.79 Å². The van der Waals surface area contributed by atoms with Crippen LogP contribution in [0, 0.1) is 0 Å². The van der Waals surface area contributed by atoms with Crippen LogP contribution in [0.25, 0.3) is 0 Å². The first-order valence-electron chi connectivity index (χ1n) is 7.64. The number of carbonyl (C=O) groups is 2. The van der Waals surface area contributed by atoms with Gasteiger partial charge < -0.3 is 14.9 Å². The Kier molecular flexibility index (Phi) is 7.91. The van der Waals surface area contributed by atoms with E-state index in [4.69, 9.17) is 39.6 Å². The number of rotatable bonds is 7. The number of nitrogens with zero attached hydrogens (tertiary/aromatic N) is 1. The van der Waals surface area contributed by atoms with Crippen molar-refractivity contribution in [2.24, 2.45) is 5.16 Å². The van der Waals surface area contributed by atoms with E-state index in [1.54, 1.807) is 36.4 Å². The molecule has 1 amide bonds. The summed E-state index contributed by atoms with van der Waals surface area (Å²) in [6.45, 7) is 0.0582. The Morgan fingerprint density at radius 2 is 1.89 bits per heavy atom. The minimum absolute atomic E-state index is 0.0582. The Balaban J connectivity index is 2.00. The molecule has 9 heteroatoms. The van der Waals surface area contributed by atoms with Gasteiger partial charge in [-0.3, -0.25) is 4.79 Å². The molecule has 0 aliphatic carbocycles. The zero-order valence-corrected chi connectivity index (χ0v) is 16.4. The maximum atomic E-state index is 12.2. The van der Waals surface area contributed by atoms with Crippen molar-refractivity contribution in [3.63, 3.8) is 0 Å². The van der Waals surface area contributed by atoms with E-state index in [9.17, 15) is 9.59 Å². The molecule has 142 valence electrons. The molecule has 0 fully saturated rings. The van der Waals surface area contributed by atoms with E-state index < -0.39 is 17.9 Å². The molecule has 2 aromatic carbocycles. The van der Waals surface area contributed by atoms with E-state index in [1.165, 1.54) is 13.2 Å². The van der Waals surface area contributed by atoms with Crippen molar-refractivity contribution < 1.29 is 19.2 Å². The highest BCUT2D eigenvalue weighted by Crippen LogP contribution is 2.21. The quantitative estimate of drug-likeness (QED) is 0.408. The zero-order chi connectivity index (χ0) is 19.8. The molecular formula is C18H15Cl3N2O4. The van der Waals surface area contributed by atoms with Crippen molar-refractivity contribution in [3.05, 3.63) is 68.7 Å². The fourth-order valence-corrected chi connectivity index (χ4v) is 2.64. The molecule has 0 aromatic heterocycles. The van der Waals surface area contributed by atoms with Crippen LogP contribution in [0.1, 0.15) is 15.9 Å². The van der Waals surface area contributed by atoms with E-state index >= 15 is 0 Å². The van der Waals surface area contributed by atoms with Gasteiger partial charge in [0.05, 0.1) is 13.3 Å². The molecule has 0 spiro atoms. The van der Waals surface area contributed by atoms with Crippen LogP contribution in [0.2, 0.25) is 15.1 Å². The molecule has 2 aromatic rings. The van der Waals surface area contributed by atoms with Gasteiger partial charge in [-0.15, -0.1) is 0 Å². The van der Waals surface area contributed by atoms with Crippen LogP contribution in [0.5, 0.6) is 0 Å². The number of hydrogen-bond acceptors (Lipinski definition) is 5. The summed E-state index contributed by atoms with van der Waals surface area (Å²) in [7, 11) is 1.20. The fraction of sp³-hybridized carbons (Fsp3) is 0.167.